The summed E-state index contributed by atoms with van der Waals surface area (Å²) < 4.78 is 5.18. The largest absolute Gasteiger partial charge is 0.497 e. The number of methoxy groups -OCH3 is 1. The highest BCUT2D eigenvalue weighted by molar-refractivity contribution is 6.22. The van der Waals surface area contributed by atoms with Crippen LogP contribution in [0.1, 0.15) is 31.2 Å². The number of rotatable bonds is 2. The van der Waals surface area contributed by atoms with Crippen molar-refractivity contribution < 1.29 is 9.53 Å². The van der Waals surface area contributed by atoms with E-state index in [1.165, 1.54) is 12.8 Å². The van der Waals surface area contributed by atoms with Crippen molar-refractivity contribution in [2.24, 2.45) is 5.92 Å². The van der Waals surface area contributed by atoms with Crippen LogP contribution in [0.25, 0.3) is 5.57 Å². The quantitative estimate of drug-likeness (QED) is 0.827. The molecule has 2 atom stereocenters. The van der Waals surface area contributed by atoms with Gasteiger partial charge in [-0.1, -0.05) is 25.0 Å². The number of nitrogens with zero attached hydrogens (tertiary/aromatic N) is 1. The number of hydrogen-bond acceptors (Lipinski definition) is 3. The molecule has 1 aromatic rings. The maximum Gasteiger partial charge on any atom is 0.170 e. The van der Waals surface area contributed by atoms with Crippen molar-refractivity contribution in [1.29, 1.82) is 0 Å². The summed E-state index contributed by atoms with van der Waals surface area (Å²) in [4.78, 5) is 15.0. The standard InChI is InChI=1S/C17H21NO2/c1-18-11-15(12-7-9-13(20-2)10-8-12)17(19)14-5-3-4-6-16(14)18/h7-11,14,16H,3-6H2,1-2H3/t14-,16+/m0/s1. The van der Waals surface area contributed by atoms with Crippen molar-refractivity contribution in [3.8, 4) is 5.75 Å². The molecule has 0 N–H and O–H groups in total. The molecular formula is C17H21NO2. The van der Waals surface area contributed by atoms with Gasteiger partial charge in [-0.25, -0.2) is 0 Å². The Kier molecular flexibility index (Phi) is 3.51. The number of fused-ring (bicyclic) bond motifs is 1. The molecule has 2 aliphatic rings. The molecule has 1 saturated carbocycles. The second-order valence-corrected chi connectivity index (χ2v) is 5.76. The van der Waals surface area contributed by atoms with E-state index in [1.807, 2.05) is 30.5 Å². The third kappa shape index (κ3) is 2.21. The Morgan fingerprint density at radius 3 is 2.55 bits per heavy atom. The molecule has 106 valence electrons. The number of ketones is 1. The van der Waals surface area contributed by atoms with E-state index in [-0.39, 0.29) is 5.92 Å². The molecule has 1 aliphatic heterocycles. The molecule has 0 aromatic heterocycles. The lowest BCUT2D eigenvalue weighted by Crippen LogP contribution is -2.44. The first-order valence-electron chi connectivity index (χ1n) is 7.33. The molecule has 1 aromatic carbocycles. The van der Waals surface area contributed by atoms with Crippen LogP contribution in [0.2, 0.25) is 0 Å². The van der Waals surface area contributed by atoms with Crippen LogP contribution in [-0.4, -0.2) is 30.9 Å². The average molecular weight is 271 g/mol. The number of allylic oxidation sites excluding steroid dienone is 1. The van der Waals surface area contributed by atoms with Crippen LogP contribution < -0.4 is 4.74 Å². The van der Waals surface area contributed by atoms with Crippen LogP contribution in [-0.2, 0) is 4.79 Å². The molecule has 3 heteroatoms. The summed E-state index contributed by atoms with van der Waals surface area (Å²) in [6, 6.07) is 8.17. The molecule has 0 unspecified atom stereocenters. The van der Waals surface area contributed by atoms with Gasteiger partial charge in [-0.05, 0) is 30.5 Å². The van der Waals surface area contributed by atoms with E-state index in [9.17, 15) is 4.79 Å². The number of Topliss-reactive ketones (excluding diaryl/α,β-unsaturated/α-hetero) is 1. The van der Waals surface area contributed by atoms with Crippen molar-refractivity contribution >= 4 is 11.4 Å². The van der Waals surface area contributed by atoms with Crippen molar-refractivity contribution in [3.63, 3.8) is 0 Å². The molecule has 0 spiro atoms. The summed E-state index contributed by atoms with van der Waals surface area (Å²) in [5.74, 6) is 1.32. The van der Waals surface area contributed by atoms with Gasteiger partial charge in [0.25, 0.3) is 0 Å². The topological polar surface area (TPSA) is 29.5 Å². The third-order valence-corrected chi connectivity index (χ3v) is 4.59. The first kappa shape index (κ1) is 13.2. The van der Waals surface area contributed by atoms with E-state index in [1.54, 1.807) is 7.11 Å². The fraction of sp³-hybridized carbons (Fsp3) is 0.471. The SMILES string of the molecule is COc1ccc(C2=CN(C)[C@@H]3CCCC[C@@H]3C2=O)cc1. The zero-order valence-electron chi connectivity index (χ0n) is 12.1. The molecule has 3 nitrogen and oxygen atoms in total. The Labute approximate surface area is 120 Å². The van der Waals surface area contributed by atoms with Crippen LogP contribution in [0.3, 0.4) is 0 Å². The number of ether oxygens (including phenoxy) is 1. The van der Waals surface area contributed by atoms with Crippen LogP contribution >= 0.6 is 0 Å². The molecule has 3 rings (SSSR count). The first-order chi connectivity index (χ1) is 9.70. The van der Waals surface area contributed by atoms with Gasteiger partial charge in [-0.15, -0.1) is 0 Å². The van der Waals surface area contributed by atoms with Gasteiger partial charge in [-0.3, -0.25) is 4.79 Å². The first-order valence-corrected chi connectivity index (χ1v) is 7.33. The molecule has 1 heterocycles. The molecule has 20 heavy (non-hydrogen) atoms. The van der Waals surface area contributed by atoms with Gasteiger partial charge in [0.2, 0.25) is 0 Å². The summed E-state index contributed by atoms with van der Waals surface area (Å²) in [6.07, 6.45) is 6.61. The lowest BCUT2D eigenvalue weighted by Gasteiger charge is -2.40. The minimum Gasteiger partial charge on any atom is -0.497 e. The fourth-order valence-corrected chi connectivity index (χ4v) is 3.45. The Balaban J connectivity index is 1.93. The molecular weight excluding hydrogens is 250 g/mol. The maximum atomic E-state index is 12.7. The van der Waals surface area contributed by atoms with Crippen LogP contribution in [0.15, 0.2) is 30.5 Å². The zero-order chi connectivity index (χ0) is 14.1. The van der Waals surface area contributed by atoms with Crippen molar-refractivity contribution in [2.45, 2.75) is 31.7 Å². The minimum absolute atomic E-state index is 0.177. The van der Waals surface area contributed by atoms with Crippen LogP contribution in [0.5, 0.6) is 5.75 Å². The summed E-state index contributed by atoms with van der Waals surface area (Å²) in [7, 11) is 3.75. The third-order valence-electron chi connectivity index (χ3n) is 4.59. The highest BCUT2D eigenvalue weighted by Gasteiger charge is 2.38. The number of benzene rings is 1. The lowest BCUT2D eigenvalue weighted by atomic mass is 9.76. The molecule has 0 bridgehead atoms. The van der Waals surface area contributed by atoms with Gasteiger partial charge in [-0.2, -0.15) is 0 Å². The smallest absolute Gasteiger partial charge is 0.170 e. The van der Waals surface area contributed by atoms with Crippen LogP contribution in [0.4, 0.5) is 0 Å². The fourth-order valence-electron chi connectivity index (χ4n) is 3.45. The van der Waals surface area contributed by atoms with Gasteiger partial charge in [0.15, 0.2) is 5.78 Å². The van der Waals surface area contributed by atoms with E-state index < -0.39 is 0 Å². The number of carbonyl (C=O) groups excluding carboxylic acids is 1. The molecule has 0 radical (unpaired) electrons. The van der Waals surface area contributed by atoms with Gasteiger partial charge in [0, 0.05) is 30.8 Å². The summed E-state index contributed by atoms with van der Waals surface area (Å²) in [5.41, 5.74) is 1.84. The van der Waals surface area contributed by atoms with Gasteiger partial charge < -0.3 is 9.64 Å². The molecule has 1 aliphatic carbocycles. The van der Waals surface area contributed by atoms with Crippen molar-refractivity contribution in [2.75, 3.05) is 14.2 Å². The lowest BCUT2D eigenvalue weighted by molar-refractivity contribution is -0.120. The Hall–Kier alpha value is -1.77. The highest BCUT2D eigenvalue weighted by Crippen LogP contribution is 2.37. The van der Waals surface area contributed by atoms with Gasteiger partial charge in [0.1, 0.15) is 5.75 Å². The normalized spacial score (nSPS) is 26.0. The number of carbonyl (C=O) groups is 1. The number of hydrogen-bond donors (Lipinski definition) is 0. The second kappa shape index (κ2) is 5.31. The van der Waals surface area contributed by atoms with E-state index in [2.05, 4.69) is 11.9 Å². The van der Waals surface area contributed by atoms with E-state index in [0.717, 1.165) is 29.7 Å². The minimum atomic E-state index is 0.177. The summed E-state index contributed by atoms with van der Waals surface area (Å²) >= 11 is 0. The monoisotopic (exact) mass is 271 g/mol. The van der Waals surface area contributed by atoms with Crippen molar-refractivity contribution in [1.82, 2.24) is 4.90 Å². The van der Waals surface area contributed by atoms with Crippen molar-refractivity contribution in [3.05, 3.63) is 36.0 Å². The Morgan fingerprint density at radius 2 is 1.85 bits per heavy atom. The summed E-state index contributed by atoms with van der Waals surface area (Å²) in [6.45, 7) is 0. The zero-order valence-corrected chi connectivity index (χ0v) is 12.1. The maximum absolute atomic E-state index is 12.7. The summed E-state index contributed by atoms with van der Waals surface area (Å²) in [5, 5.41) is 0. The van der Waals surface area contributed by atoms with E-state index in [0.29, 0.717) is 11.8 Å². The predicted octanol–water partition coefficient (Wildman–Crippen LogP) is 3.11. The van der Waals surface area contributed by atoms with Crippen LogP contribution in [0, 0.1) is 5.92 Å². The molecule has 1 fully saturated rings. The Morgan fingerprint density at radius 1 is 1.15 bits per heavy atom. The molecule has 0 saturated heterocycles. The molecule has 0 amide bonds. The van der Waals surface area contributed by atoms with E-state index >= 15 is 0 Å². The highest BCUT2D eigenvalue weighted by atomic mass is 16.5. The van der Waals surface area contributed by atoms with Gasteiger partial charge >= 0.3 is 0 Å². The van der Waals surface area contributed by atoms with E-state index in [4.69, 9.17) is 4.74 Å². The predicted molar refractivity (Wildman–Crippen MR) is 79.5 cm³/mol. The van der Waals surface area contributed by atoms with Gasteiger partial charge in [0.05, 0.1) is 7.11 Å². The second-order valence-electron chi connectivity index (χ2n) is 5.76. The average Bonchev–Trinajstić information content (AvgIpc) is 2.51. The Bertz CT molecular complexity index is 532.